The summed E-state index contributed by atoms with van der Waals surface area (Å²) in [6, 6.07) is 8.61. The molecule has 0 aliphatic rings. The van der Waals surface area contributed by atoms with Crippen molar-refractivity contribution in [2.45, 2.75) is 12.5 Å². The lowest BCUT2D eigenvalue weighted by Crippen LogP contribution is -2.34. The van der Waals surface area contributed by atoms with Crippen molar-refractivity contribution in [3.8, 4) is 12.3 Å². The van der Waals surface area contributed by atoms with E-state index in [0.717, 1.165) is 5.56 Å². The topological polar surface area (TPSA) is 55.1 Å². The largest absolute Gasteiger partial charge is 0.353 e. The first-order valence-electron chi connectivity index (χ1n) is 4.77. The average Bonchev–Trinajstić information content (AvgIpc) is 2.29. The Morgan fingerprint density at radius 2 is 2.13 bits per heavy atom. The minimum Gasteiger partial charge on any atom is -0.353 e. The van der Waals surface area contributed by atoms with Gasteiger partial charge >= 0.3 is 0 Å². The predicted molar refractivity (Wildman–Crippen MR) is 59.8 cm³/mol. The summed E-state index contributed by atoms with van der Waals surface area (Å²) in [6.07, 6.45) is 5.59. The zero-order valence-electron chi connectivity index (χ0n) is 8.44. The molecule has 1 amide bonds. The van der Waals surface area contributed by atoms with Crippen molar-refractivity contribution in [3.05, 3.63) is 35.9 Å². The molecule has 0 heterocycles. The zero-order chi connectivity index (χ0) is 11.1. The quantitative estimate of drug-likeness (QED) is 0.561. The lowest BCUT2D eigenvalue weighted by Gasteiger charge is -2.11. The van der Waals surface area contributed by atoms with Gasteiger partial charge in [0.2, 0.25) is 5.91 Å². The summed E-state index contributed by atoms with van der Waals surface area (Å²) in [7, 11) is 0. The molecule has 15 heavy (non-hydrogen) atoms. The number of benzene rings is 1. The maximum Gasteiger partial charge on any atom is 0.241 e. The molecule has 3 N–H and O–H groups in total. The van der Waals surface area contributed by atoms with Gasteiger partial charge in [-0.05, 0) is 5.56 Å². The molecular formula is C12H14N2O. The number of nitrogens with two attached hydrogens (primary N) is 1. The summed E-state index contributed by atoms with van der Waals surface area (Å²) in [5.74, 6) is 2.25. The van der Waals surface area contributed by atoms with Crippen LogP contribution in [-0.4, -0.2) is 12.5 Å². The van der Waals surface area contributed by atoms with Crippen LogP contribution in [0.4, 0.5) is 0 Å². The summed E-state index contributed by atoms with van der Waals surface area (Å²) >= 11 is 0. The van der Waals surface area contributed by atoms with Gasteiger partial charge in [-0.25, -0.2) is 0 Å². The molecule has 1 aromatic carbocycles. The summed E-state index contributed by atoms with van der Waals surface area (Å²) in [4.78, 5) is 11.5. The molecule has 0 aromatic heterocycles. The minimum atomic E-state index is -0.621. The van der Waals surface area contributed by atoms with Crippen LogP contribution >= 0.6 is 0 Å². The Hall–Kier alpha value is -1.79. The fraction of sp³-hybridized carbons (Fsp3) is 0.250. The summed E-state index contributed by atoms with van der Waals surface area (Å²) in [6.45, 7) is 0.468. The fourth-order valence-corrected chi connectivity index (χ4v) is 1.18. The van der Waals surface area contributed by atoms with Crippen molar-refractivity contribution >= 4 is 5.91 Å². The Labute approximate surface area is 89.7 Å². The Morgan fingerprint density at radius 3 is 2.73 bits per heavy atom. The molecule has 1 rings (SSSR count). The Kier molecular flexibility index (Phi) is 4.39. The van der Waals surface area contributed by atoms with Crippen LogP contribution in [-0.2, 0) is 4.79 Å². The van der Waals surface area contributed by atoms with Crippen molar-refractivity contribution in [1.82, 2.24) is 5.32 Å². The zero-order valence-corrected chi connectivity index (χ0v) is 8.44. The highest BCUT2D eigenvalue weighted by Crippen LogP contribution is 2.08. The molecule has 0 aliphatic heterocycles. The van der Waals surface area contributed by atoms with Gasteiger partial charge in [-0.1, -0.05) is 30.3 Å². The highest BCUT2D eigenvalue weighted by atomic mass is 16.2. The van der Waals surface area contributed by atoms with E-state index in [1.54, 1.807) is 0 Å². The van der Waals surface area contributed by atoms with Crippen molar-refractivity contribution in [2.24, 2.45) is 5.73 Å². The predicted octanol–water partition coefficient (Wildman–Crippen LogP) is 0.826. The lowest BCUT2D eigenvalue weighted by molar-refractivity contribution is -0.122. The number of rotatable bonds is 4. The third-order valence-corrected chi connectivity index (χ3v) is 2.01. The van der Waals surface area contributed by atoms with Crippen molar-refractivity contribution < 1.29 is 4.79 Å². The smallest absolute Gasteiger partial charge is 0.241 e. The van der Waals surface area contributed by atoms with Crippen molar-refractivity contribution in [2.75, 3.05) is 6.54 Å². The summed E-state index contributed by atoms with van der Waals surface area (Å²) < 4.78 is 0. The molecule has 0 spiro atoms. The number of nitrogens with one attached hydrogen (secondary N) is 1. The van der Waals surface area contributed by atoms with Crippen LogP contribution in [0, 0.1) is 12.3 Å². The van der Waals surface area contributed by atoms with E-state index in [1.165, 1.54) is 0 Å². The van der Waals surface area contributed by atoms with Crippen LogP contribution < -0.4 is 11.1 Å². The van der Waals surface area contributed by atoms with E-state index in [2.05, 4.69) is 11.2 Å². The van der Waals surface area contributed by atoms with E-state index in [0.29, 0.717) is 13.0 Å². The van der Waals surface area contributed by atoms with Crippen molar-refractivity contribution in [3.63, 3.8) is 0 Å². The van der Waals surface area contributed by atoms with E-state index in [4.69, 9.17) is 12.2 Å². The van der Waals surface area contributed by atoms with E-state index >= 15 is 0 Å². The lowest BCUT2D eigenvalue weighted by atomic mass is 10.1. The highest BCUT2D eigenvalue weighted by Gasteiger charge is 2.13. The standard InChI is InChI=1S/C12H14N2O/c1-2-3-9-14-12(15)11(13)10-7-5-4-6-8-10/h1,4-8,11H,3,9,13H2,(H,14,15)/t11-/m0/s1. The second kappa shape index (κ2) is 5.84. The van der Waals surface area contributed by atoms with Gasteiger partial charge in [0.25, 0.3) is 0 Å². The molecule has 3 heteroatoms. The van der Waals surface area contributed by atoms with Gasteiger partial charge in [-0.3, -0.25) is 4.79 Å². The molecule has 0 saturated heterocycles. The Balaban J connectivity index is 2.51. The number of carbonyl (C=O) groups excluding carboxylic acids is 1. The third kappa shape index (κ3) is 3.45. The second-order valence-electron chi connectivity index (χ2n) is 3.13. The number of carbonyl (C=O) groups is 1. The third-order valence-electron chi connectivity index (χ3n) is 2.01. The van der Waals surface area contributed by atoms with Crippen LogP contribution in [0.25, 0.3) is 0 Å². The van der Waals surface area contributed by atoms with Crippen LogP contribution in [0.5, 0.6) is 0 Å². The summed E-state index contributed by atoms with van der Waals surface area (Å²) in [5.41, 5.74) is 6.56. The number of hydrogen-bond donors (Lipinski definition) is 2. The normalized spacial score (nSPS) is 11.5. The number of hydrogen-bond acceptors (Lipinski definition) is 2. The van der Waals surface area contributed by atoms with Crippen molar-refractivity contribution in [1.29, 1.82) is 0 Å². The summed E-state index contributed by atoms with van der Waals surface area (Å²) in [5, 5.41) is 2.68. The average molecular weight is 202 g/mol. The van der Waals surface area contributed by atoms with Crippen LogP contribution in [0.1, 0.15) is 18.0 Å². The molecule has 0 bridgehead atoms. The van der Waals surface area contributed by atoms with Gasteiger partial charge in [0.05, 0.1) is 0 Å². The molecular weight excluding hydrogens is 188 g/mol. The van der Waals surface area contributed by atoms with Crippen LogP contribution in [0.2, 0.25) is 0 Å². The Morgan fingerprint density at radius 1 is 1.47 bits per heavy atom. The van der Waals surface area contributed by atoms with E-state index in [9.17, 15) is 4.79 Å². The molecule has 1 atom stereocenters. The second-order valence-corrected chi connectivity index (χ2v) is 3.13. The Bertz CT molecular complexity index is 354. The van der Waals surface area contributed by atoms with Gasteiger partial charge < -0.3 is 11.1 Å². The van der Waals surface area contributed by atoms with E-state index in [1.807, 2.05) is 30.3 Å². The molecule has 78 valence electrons. The van der Waals surface area contributed by atoms with Gasteiger partial charge in [0.1, 0.15) is 6.04 Å². The number of amides is 1. The van der Waals surface area contributed by atoms with Crippen LogP contribution in [0.15, 0.2) is 30.3 Å². The van der Waals surface area contributed by atoms with E-state index in [-0.39, 0.29) is 5.91 Å². The molecule has 0 radical (unpaired) electrons. The van der Waals surface area contributed by atoms with Crippen LogP contribution in [0.3, 0.4) is 0 Å². The molecule has 0 aliphatic carbocycles. The molecule has 1 aromatic rings. The van der Waals surface area contributed by atoms with Gasteiger partial charge in [0.15, 0.2) is 0 Å². The minimum absolute atomic E-state index is 0.198. The molecule has 0 fully saturated rings. The first-order chi connectivity index (χ1) is 7.25. The molecule has 0 saturated carbocycles. The first kappa shape index (κ1) is 11.3. The van der Waals surface area contributed by atoms with Gasteiger partial charge in [-0.2, -0.15) is 0 Å². The molecule has 3 nitrogen and oxygen atoms in total. The van der Waals surface area contributed by atoms with Gasteiger partial charge in [0, 0.05) is 13.0 Å². The first-order valence-corrected chi connectivity index (χ1v) is 4.77. The maximum atomic E-state index is 11.5. The maximum absolute atomic E-state index is 11.5. The monoisotopic (exact) mass is 202 g/mol. The van der Waals surface area contributed by atoms with E-state index < -0.39 is 6.04 Å². The number of terminal acetylenes is 1. The fourth-order valence-electron chi connectivity index (χ4n) is 1.18. The SMILES string of the molecule is C#CCCNC(=O)[C@@H](N)c1ccccc1. The molecule has 0 unspecified atom stereocenters. The highest BCUT2D eigenvalue weighted by molar-refractivity contribution is 5.82. The van der Waals surface area contributed by atoms with Gasteiger partial charge in [-0.15, -0.1) is 12.3 Å².